The maximum atomic E-state index is 5.92. The van der Waals surface area contributed by atoms with Gasteiger partial charge < -0.3 is 9.73 Å². The van der Waals surface area contributed by atoms with E-state index in [1.54, 1.807) is 0 Å². The molecule has 3 rings (SSSR count). The van der Waals surface area contributed by atoms with Crippen LogP contribution in [0.4, 0.5) is 0 Å². The predicted molar refractivity (Wildman–Crippen MR) is 79.0 cm³/mol. The quantitative estimate of drug-likeness (QED) is 0.751. The van der Waals surface area contributed by atoms with E-state index in [2.05, 4.69) is 60.8 Å². The first-order valence-electron chi connectivity index (χ1n) is 6.66. The van der Waals surface area contributed by atoms with E-state index in [9.17, 15) is 0 Å². The molecule has 0 radical (unpaired) electrons. The fraction of sp³-hybridized carbons (Fsp3) is 0.176. The van der Waals surface area contributed by atoms with E-state index in [4.69, 9.17) is 4.42 Å². The van der Waals surface area contributed by atoms with Crippen molar-refractivity contribution >= 4 is 10.8 Å². The third-order valence-corrected chi connectivity index (χ3v) is 3.27. The van der Waals surface area contributed by atoms with E-state index in [0.717, 1.165) is 30.2 Å². The van der Waals surface area contributed by atoms with Gasteiger partial charge in [-0.1, -0.05) is 49.4 Å². The van der Waals surface area contributed by atoms with Crippen molar-refractivity contribution in [3.8, 4) is 11.3 Å². The molecule has 2 heteroatoms. The molecule has 2 nitrogen and oxygen atoms in total. The Hall–Kier alpha value is -2.06. The lowest BCUT2D eigenvalue weighted by atomic mass is 10.0. The van der Waals surface area contributed by atoms with Crippen LogP contribution in [0.25, 0.3) is 22.1 Å². The third kappa shape index (κ3) is 2.40. The molecule has 0 spiro atoms. The summed E-state index contributed by atoms with van der Waals surface area (Å²) in [6.07, 6.45) is 0. The van der Waals surface area contributed by atoms with Crippen molar-refractivity contribution in [1.82, 2.24) is 5.32 Å². The fourth-order valence-corrected chi connectivity index (χ4v) is 2.31. The molecule has 0 fully saturated rings. The van der Waals surface area contributed by atoms with Crippen LogP contribution in [0.5, 0.6) is 0 Å². The van der Waals surface area contributed by atoms with Crippen LogP contribution in [0.3, 0.4) is 0 Å². The first-order chi connectivity index (χ1) is 9.38. The Bertz CT molecular complexity index is 679. The van der Waals surface area contributed by atoms with Gasteiger partial charge in [0.05, 0.1) is 6.54 Å². The smallest absolute Gasteiger partial charge is 0.134 e. The van der Waals surface area contributed by atoms with Gasteiger partial charge in [0.1, 0.15) is 11.5 Å². The molecule has 1 aromatic heterocycles. The molecule has 0 unspecified atom stereocenters. The molecule has 0 aliphatic heterocycles. The van der Waals surface area contributed by atoms with Gasteiger partial charge in [0, 0.05) is 5.56 Å². The molecule has 1 N–H and O–H groups in total. The van der Waals surface area contributed by atoms with Gasteiger partial charge in [-0.25, -0.2) is 0 Å². The van der Waals surface area contributed by atoms with Gasteiger partial charge in [0.25, 0.3) is 0 Å². The van der Waals surface area contributed by atoms with E-state index < -0.39 is 0 Å². The molecule has 0 bridgehead atoms. The van der Waals surface area contributed by atoms with Crippen LogP contribution in [0.2, 0.25) is 0 Å². The zero-order chi connectivity index (χ0) is 13.1. The summed E-state index contributed by atoms with van der Waals surface area (Å²) in [4.78, 5) is 0. The standard InChI is InChI=1S/C17H17NO/c1-2-18-12-14-10-11-17(19-14)16-9-5-7-13-6-3-4-8-15(13)16/h3-11,18H,2,12H2,1H3. The minimum Gasteiger partial charge on any atom is -0.460 e. The molecule has 0 aliphatic carbocycles. The van der Waals surface area contributed by atoms with E-state index >= 15 is 0 Å². The molecule has 0 aliphatic rings. The summed E-state index contributed by atoms with van der Waals surface area (Å²) in [5.41, 5.74) is 1.15. The molecule has 96 valence electrons. The molecule has 0 atom stereocenters. The van der Waals surface area contributed by atoms with Crippen molar-refractivity contribution in [2.75, 3.05) is 6.54 Å². The van der Waals surface area contributed by atoms with Crippen LogP contribution >= 0.6 is 0 Å². The number of fused-ring (bicyclic) bond motifs is 1. The van der Waals surface area contributed by atoms with Crippen LogP contribution in [0.1, 0.15) is 12.7 Å². The lowest BCUT2D eigenvalue weighted by Gasteiger charge is -2.04. The van der Waals surface area contributed by atoms with Crippen molar-refractivity contribution in [2.45, 2.75) is 13.5 Å². The normalized spacial score (nSPS) is 11.0. The van der Waals surface area contributed by atoms with Gasteiger partial charge in [-0.3, -0.25) is 0 Å². The summed E-state index contributed by atoms with van der Waals surface area (Å²) in [7, 11) is 0. The average Bonchev–Trinajstić information content (AvgIpc) is 2.93. The molecule has 0 saturated heterocycles. The van der Waals surface area contributed by atoms with Gasteiger partial charge in [-0.2, -0.15) is 0 Å². The van der Waals surface area contributed by atoms with Crippen LogP contribution in [-0.2, 0) is 6.54 Å². The van der Waals surface area contributed by atoms with E-state index in [0.29, 0.717) is 0 Å². The number of furan rings is 1. The Morgan fingerprint density at radius 3 is 2.68 bits per heavy atom. The summed E-state index contributed by atoms with van der Waals surface area (Å²) < 4.78 is 5.92. The van der Waals surface area contributed by atoms with E-state index in [1.165, 1.54) is 10.8 Å². The van der Waals surface area contributed by atoms with Gasteiger partial charge in [-0.15, -0.1) is 0 Å². The second-order valence-electron chi connectivity index (χ2n) is 4.57. The minimum atomic E-state index is 0.779. The molecule has 0 amide bonds. The Labute approximate surface area is 113 Å². The van der Waals surface area contributed by atoms with Gasteiger partial charge in [0.15, 0.2) is 0 Å². The summed E-state index contributed by atoms with van der Waals surface area (Å²) in [6, 6.07) is 18.8. The summed E-state index contributed by atoms with van der Waals surface area (Å²) in [5, 5.41) is 5.74. The maximum Gasteiger partial charge on any atom is 0.134 e. The summed E-state index contributed by atoms with van der Waals surface area (Å²) in [6.45, 7) is 3.82. The highest BCUT2D eigenvalue weighted by Crippen LogP contribution is 2.29. The lowest BCUT2D eigenvalue weighted by molar-refractivity contribution is 0.499. The summed E-state index contributed by atoms with van der Waals surface area (Å²) in [5.74, 6) is 1.91. The highest BCUT2D eigenvalue weighted by atomic mass is 16.3. The Morgan fingerprint density at radius 2 is 1.79 bits per heavy atom. The van der Waals surface area contributed by atoms with Gasteiger partial charge in [-0.05, 0) is 29.4 Å². The zero-order valence-corrected chi connectivity index (χ0v) is 11.0. The lowest BCUT2D eigenvalue weighted by Crippen LogP contribution is -2.10. The SMILES string of the molecule is CCNCc1ccc(-c2cccc3ccccc23)o1. The second kappa shape index (κ2) is 5.29. The molecule has 2 aromatic carbocycles. The monoisotopic (exact) mass is 251 g/mol. The number of rotatable bonds is 4. The molecule has 0 saturated carbocycles. The highest BCUT2D eigenvalue weighted by molar-refractivity contribution is 5.95. The molecular formula is C17H17NO. The Morgan fingerprint density at radius 1 is 0.947 bits per heavy atom. The van der Waals surface area contributed by atoms with Gasteiger partial charge >= 0.3 is 0 Å². The fourth-order valence-electron chi connectivity index (χ4n) is 2.31. The predicted octanol–water partition coefficient (Wildman–Crippen LogP) is 4.21. The minimum absolute atomic E-state index is 0.779. The van der Waals surface area contributed by atoms with Crippen LogP contribution in [0, 0.1) is 0 Å². The number of nitrogens with one attached hydrogen (secondary N) is 1. The second-order valence-corrected chi connectivity index (χ2v) is 4.57. The first-order valence-corrected chi connectivity index (χ1v) is 6.66. The number of benzene rings is 2. The molecule has 19 heavy (non-hydrogen) atoms. The van der Waals surface area contributed by atoms with Crippen molar-refractivity contribution in [1.29, 1.82) is 0 Å². The Kier molecular flexibility index (Phi) is 3.34. The summed E-state index contributed by atoms with van der Waals surface area (Å²) >= 11 is 0. The largest absolute Gasteiger partial charge is 0.460 e. The van der Waals surface area contributed by atoms with E-state index in [1.807, 2.05) is 6.07 Å². The molecular weight excluding hydrogens is 234 g/mol. The Balaban J connectivity index is 2.02. The molecule has 1 heterocycles. The maximum absolute atomic E-state index is 5.92. The van der Waals surface area contributed by atoms with E-state index in [-0.39, 0.29) is 0 Å². The first kappa shape index (κ1) is 12.0. The average molecular weight is 251 g/mol. The number of hydrogen-bond acceptors (Lipinski definition) is 2. The van der Waals surface area contributed by atoms with Crippen molar-refractivity contribution in [2.24, 2.45) is 0 Å². The van der Waals surface area contributed by atoms with Gasteiger partial charge in [0.2, 0.25) is 0 Å². The van der Waals surface area contributed by atoms with Crippen LogP contribution in [0.15, 0.2) is 59.0 Å². The van der Waals surface area contributed by atoms with Crippen molar-refractivity contribution < 1.29 is 4.42 Å². The van der Waals surface area contributed by atoms with Crippen molar-refractivity contribution in [3.05, 3.63) is 60.4 Å². The topological polar surface area (TPSA) is 25.2 Å². The zero-order valence-electron chi connectivity index (χ0n) is 11.0. The molecule has 3 aromatic rings. The van der Waals surface area contributed by atoms with Crippen molar-refractivity contribution in [3.63, 3.8) is 0 Å². The highest BCUT2D eigenvalue weighted by Gasteiger charge is 2.07. The van der Waals surface area contributed by atoms with Crippen LogP contribution in [-0.4, -0.2) is 6.54 Å². The van der Waals surface area contributed by atoms with Crippen LogP contribution < -0.4 is 5.32 Å². The third-order valence-electron chi connectivity index (χ3n) is 3.27. The number of hydrogen-bond donors (Lipinski definition) is 1.